The van der Waals surface area contributed by atoms with Gasteiger partial charge < -0.3 is 15.5 Å². The second-order valence-corrected chi connectivity index (χ2v) is 5.79. The zero-order valence-electron chi connectivity index (χ0n) is 12.9. The first-order chi connectivity index (χ1) is 9.86. The van der Waals surface area contributed by atoms with Crippen LogP contribution in [-0.2, 0) is 16.1 Å². The molecule has 2 amide bonds. The van der Waals surface area contributed by atoms with Gasteiger partial charge in [-0.05, 0) is 27.0 Å². The van der Waals surface area contributed by atoms with Gasteiger partial charge in [0.25, 0.3) is 0 Å². The average Bonchev–Trinajstić information content (AvgIpc) is 2.61. The number of aryl methyl sites for hydroxylation is 2. The molecule has 1 atom stereocenters. The van der Waals surface area contributed by atoms with E-state index in [1.165, 1.54) is 0 Å². The van der Waals surface area contributed by atoms with Crippen molar-refractivity contribution in [3.8, 4) is 0 Å². The monoisotopic (exact) mass is 293 g/mol. The van der Waals surface area contributed by atoms with Crippen molar-refractivity contribution in [3.63, 3.8) is 0 Å². The van der Waals surface area contributed by atoms with Crippen LogP contribution in [0.5, 0.6) is 0 Å². The Kier molecular flexibility index (Phi) is 4.62. The standard InChI is InChI=1S/C14H23N5O2/c1-10-6-11(2)19(16-10)9-13(20)18-5-4-17(3)7-12(8-18)14(15)21/h6,12H,4-5,7-9H2,1-3H3,(H2,15,21)/t12-/m0/s1. The second-order valence-electron chi connectivity index (χ2n) is 5.79. The minimum absolute atomic E-state index is 0.0252. The third-order valence-corrected chi connectivity index (χ3v) is 3.87. The van der Waals surface area contributed by atoms with Crippen LogP contribution in [0.25, 0.3) is 0 Å². The Hall–Kier alpha value is -1.89. The average molecular weight is 293 g/mol. The summed E-state index contributed by atoms with van der Waals surface area (Å²) in [6, 6.07) is 1.94. The van der Waals surface area contributed by atoms with Gasteiger partial charge in [-0.25, -0.2) is 0 Å². The Morgan fingerprint density at radius 1 is 1.33 bits per heavy atom. The van der Waals surface area contributed by atoms with Crippen LogP contribution in [0.3, 0.4) is 0 Å². The molecular formula is C14H23N5O2. The van der Waals surface area contributed by atoms with E-state index in [9.17, 15) is 9.59 Å². The maximum Gasteiger partial charge on any atom is 0.244 e. The largest absolute Gasteiger partial charge is 0.369 e. The summed E-state index contributed by atoms with van der Waals surface area (Å²) in [5.74, 6) is -0.697. The zero-order chi connectivity index (χ0) is 15.6. The minimum Gasteiger partial charge on any atom is -0.369 e. The number of hydrogen-bond acceptors (Lipinski definition) is 4. The van der Waals surface area contributed by atoms with Gasteiger partial charge in [-0.3, -0.25) is 14.3 Å². The summed E-state index contributed by atoms with van der Waals surface area (Å²) in [6.45, 7) is 6.37. The molecule has 7 nitrogen and oxygen atoms in total. The van der Waals surface area contributed by atoms with Crippen LogP contribution in [-0.4, -0.2) is 64.6 Å². The van der Waals surface area contributed by atoms with Gasteiger partial charge in [-0.2, -0.15) is 5.10 Å². The number of aromatic nitrogens is 2. The highest BCUT2D eigenvalue weighted by Crippen LogP contribution is 2.10. The summed E-state index contributed by atoms with van der Waals surface area (Å²) in [6.07, 6.45) is 0. The fourth-order valence-electron chi connectivity index (χ4n) is 2.64. The molecule has 116 valence electrons. The molecular weight excluding hydrogens is 270 g/mol. The molecule has 1 fully saturated rings. The Bertz CT molecular complexity index is 539. The lowest BCUT2D eigenvalue weighted by molar-refractivity contribution is -0.133. The number of amides is 2. The van der Waals surface area contributed by atoms with Crippen molar-refractivity contribution in [1.29, 1.82) is 0 Å². The van der Waals surface area contributed by atoms with Gasteiger partial charge in [0.05, 0.1) is 11.6 Å². The molecule has 2 heterocycles. The smallest absolute Gasteiger partial charge is 0.244 e. The second kappa shape index (κ2) is 6.26. The zero-order valence-corrected chi connectivity index (χ0v) is 12.9. The Balaban J connectivity index is 2.06. The maximum absolute atomic E-state index is 12.5. The highest BCUT2D eigenvalue weighted by molar-refractivity contribution is 5.80. The molecule has 0 bridgehead atoms. The molecule has 1 aromatic heterocycles. The van der Waals surface area contributed by atoms with Crippen LogP contribution in [0.15, 0.2) is 6.07 Å². The van der Waals surface area contributed by atoms with Gasteiger partial charge in [-0.15, -0.1) is 0 Å². The Labute approximate surface area is 124 Å². The molecule has 7 heteroatoms. The van der Waals surface area contributed by atoms with E-state index in [0.717, 1.165) is 17.9 Å². The summed E-state index contributed by atoms with van der Waals surface area (Å²) in [5.41, 5.74) is 7.27. The van der Waals surface area contributed by atoms with Gasteiger partial charge in [0.2, 0.25) is 11.8 Å². The van der Waals surface area contributed by atoms with E-state index in [1.54, 1.807) is 9.58 Å². The third kappa shape index (κ3) is 3.81. The molecule has 0 spiro atoms. The predicted octanol–water partition coefficient (Wildman–Crippen LogP) is -0.625. The fraction of sp³-hybridized carbons (Fsp3) is 0.643. The van der Waals surface area contributed by atoms with Gasteiger partial charge in [0.15, 0.2) is 0 Å². The van der Waals surface area contributed by atoms with Crippen molar-refractivity contribution >= 4 is 11.8 Å². The van der Waals surface area contributed by atoms with Crippen molar-refractivity contribution < 1.29 is 9.59 Å². The van der Waals surface area contributed by atoms with E-state index in [4.69, 9.17) is 5.73 Å². The number of carbonyl (C=O) groups is 2. The van der Waals surface area contributed by atoms with E-state index in [-0.39, 0.29) is 24.3 Å². The third-order valence-electron chi connectivity index (χ3n) is 3.87. The first kappa shape index (κ1) is 15.5. The van der Waals surface area contributed by atoms with Crippen LogP contribution in [0, 0.1) is 19.8 Å². The summed E-state index contributed by atoms with van der Waals surface area (Å²) < 4.78 is 1.70. The molecule has 0 radical (unpaired) electrons. The van der Waals surface area contributed by atoms with Crippen molar-refractivity contribution in [2.45, 2.75) is 20.4 Å². The van der Waals surface area contributed by atoms with Gasteiger partial charge >= 0.3 is 0 Å². The topological polar surface area (TPSA) is 84.5 Å². The molecule has 0 aromatic carbocycles. The molecule has 1 aliphatic rings. The quantitative estimate of drug-likeness (QED) is 0.804. The van der Waals surface area contributed by atoms with Crippen LogP contribution < -0.4 is 5.73 Å². The molecule has 1 saturated heterocycles. The van der Waals surface area contributed by atoms with Crippen LogP contribution >= 0.6 is 0 Å². The maximum atomic E-state index is 12.5. The number of rotatable bonds is 3. The number of likely N-dealkylation sites (N-methyl/N-ethyl adjacent to an activating group) is 1. The van der Waals surface area contributed by atoms with Crippen molar-refractivity contribution in [1.82, 2.24) is 19.6 Å². The van der Waals surface area contributed by atoms with Crippen LogP contribution in [0.2, 0.25) is 0 Å². The lowest BCUT2D eigenvalue weighted by atomic mass is 10.1. The summed E-state index contributed by atoms with van der Waals surface area (Å²) in [7, 11) is 1.94. The molecule has 0 unspecified atom stereocenters. The summed E-state index contributed by atoms with van der Waals surface area (Å²) >= 11 is 0. The molecule has 2 N–H and O–H groups in total. The Morgan fingerprint density at radius 3 is 2.62 bits per heavy atom. The lowest BCUT2D eigenvalue weighted by Gasteiger charge is -2.22. The van der Waals surface area contributed by atoms with Crippen molar-refractivity contribution in [3.05, 3.63) is 17.5 Å². The van der Waals surface area contributed by atoms with Gasteiger partial charge in [-0.1, -0.05) is 0 Å². The molecule has 1 aliphatic heterocycles. The minimum atomic E-state index is -0.354. The summed E-state index contributed by atoms with van der Waals surface area (Å²) in [4.78, 5) is 27.7. The van der Waals surface area contributed by atoms with Crippen molar-refractivity contribution in [2.75, 3.05) is 33.2 Å². The van der Waals surface area contributed by atoms with Crippen LogP contribution in [0.4, 0.5) is 0 Å². The van der Waals surface area contributed by atoms with Crippen molar-refractivity contribution in [2.24, 2.45) is 11.7 Å². The van der Waals surface area contributed by atoms with Crippen LogP contribution in [0.1, 0.15) is 11.4 Å². The summed E-state index contributed by atoms with van der Waals surface area (Å²) in [5, 5.41) is 4.30. The number of nitrogens with zero attached hydrogens (tertiary/aromatic N) is 4. The van der Waals surface area contributed by atoms with E-state index < -0.39 is 0 Å². The van der Waals surface area contributed by atoms with E-state index in [1.807, 2.05) is 31.9 Å². The molecule has 21 heavy (non-hydrogen) atoms. The van der Waals surface area contributed by atoms with Gasteiger partial charge in [0, 0.05) is 31.9 Å². The molecule has 0 aliphatic carbocycles. The van der Waals surface area contributed by atoms with E-state index in [0.29, 0.717) is 19.6 Å². The first-order valence-electron chi connectivity index (χ1n) is 7.13. The number of hydrogen-bond donors (Lipinski definition) is 1. The Morgan fingerprint density at radius 2 is 2.05 bits per heavy atom. The first-order valence-corrected chi connectivity index (χ1v) is 7.13. The molecule has 2 rings (SSSR count). The SMILES string of the molecule is Cc1cc(C)n(CC(=O)N2CCN(C)C[C@H](C(N)=O)C2)n1. The van der Waals surface area contributed by atoms with E-state index >= 15 is 0 Å². The highest BCUT2D eigenvalue weighted by Gasteiger charge is 2.27. The lowest BCUT2D eigenvalue weighted by Crippen LogP contribution is -2.41. The highest BCUT2D eigenvalue weighted by atomic mass is 16.2. The number of nitrogens with two attached hydrogens (primary N) is 1. The predicted molar refractivity (Wildman–Crippen MR) is 78.5 cm³/mol. The number of primary amides is 1. The number of carbonyl (C=O) groups excluding carboxylic acids is 2. The van der Waals surface area contributed by atoms with E-state index in [2.05, 4.69) is 5.10 Å². The van der Waals surface area contributed by atoms with Gasteiger partial charge in [0.1, 0.15) is 6.54 Å². The molecule has 1 aromatic rings. The normalized spacial score (nSPS) is 20.3. The molecule has 0 saturated carbocycles. The fourth-order valence-corrected chi connectivity index (χ4v) is 2.64.